The minimum atomic E-state index is -0.439. The summed E-state index contributed by atoms with van der Waals surface area (Å²) in [5.41, 5.74) is 1.57. The Kier molecular flexibility index (Phi) is 5.58. The molecule has 1 saturated carbocycles. The third-order valence-corrected chi connectivity index (χ3v) is 5.28. The van der Waals surface area contributed by atoms with E-state index >= 15 is 0 Å². The SMILES string of the molecule is CSc1nccn1-c1ccc(C(=O)NCC(O)C2CCCC2)cc1. The fourth-order valence-corrected chi connectivity index (χ4v) is 3.75. The Balaban J connectivity index is 1.59. The zero-order valence-electron chi connectivity index (χ0n) is 13.8. The summed E-state index contributed by atoms with van der Waals surface area (Å²) < 4.78 is 1.98. The maximum absolute atomic E-state index is 12.2. The third-order valence-electron chi connectivity index (χ3n) is 4.61. The van der Waals surface area contributed by atoms with Crippen LogP contribution in [0, 0.1) is 5.92 Å². The molecular weight excluding hydrogens is 322 g/mol. The molecule has 1 aliphatic carbocycles. The number of aliphatic hydroxyl groups excluding tert-OH is 1. The lowest BCUT2D eigenvalue weighted by atomic mass is 10.0. The van der Waals surface area contributed by atoms with E-state index in [4.69, 9.17) is 0 Å². The molecular formula is C18H23N3O2S. The highest BCUT2D eigenvalue weighted by atomic mass is 32.2. The Labute approximate surface area is 146 Å². The number of carbonyl (C=O) groups excluding carboxylic acids is 1. The number of nitrogens with one attached hydrogen (secondary N) is 1. The lowest BCUT2D eigenvalue weighted by Gasteiger charge is -2.18. The normalized spacial score (nSPS) is 16.2. The molecule has 6 heteroatoms. The molecule has 0 bridgehead atoms. The maximum atomic E-state index is 12.2. The largest absolute Gasteiger partial charge is 0.391 e. The van der Waals surface area contributed by atoms with Crippen molar-refractivity contribution in [1.29, 1.82) is 0 Å². The van der Waals surface area contributed by atoms with Crippen molar-refractivity contribution in [2.45, 2.75) is 36.9 Å². The lowest BCUT2D eigenvalue weighted by molar-refractivity contribution is 0.0840. The van der Waals surface area contributed by atoms with Gasteiger partial charge in [-0.25, -0.2) is 4.98 Å². The van der Waals surface area contributed by atoms with E-state index in [1.807, 2.05) is 29.2 Å². The number of hydrogen-bond acceptors (Lipinski definition) is 4. The quantitative estimate of drug-likeness (QED) is 0.790. The van der Waals surface area contributed by atoms with Crippen molar-refractivity contribution in [3.05, 3.63) is 42.2 Å². The highest BCUT2D eigenvalue weighted by Crippen LogP contribution is 2.27. The summed E-state index contributed by atoms with van der Waals surface area (Å²) in [6, 6.07) is 7.42. The van der Waals surface area contributed by atoms with Crippen molar-refractivity contribution in [2.75, 3.05) is 12.8 Å². The van der Waals surface area contributed by atoms with E-state index in [1.165, 1.54) is 12.8 Å². The van der Waals surface area contributed by atoms with E-state index < -0.39 is 6.10 Å². The van der Waals surface area contributed by atoms with Gasteiger partial charge in [0, 0.05) is 30.2 Å². The molecule has 1 aromatic carbocycles. The molecule has 128 valence electrons. The van der Waals surface area contributed by atoms with E-state index in [2.05, 4.69) is 10.3 Å². The maximum Gasteiger partial charge on any atom is 0.251 e. The van der Waals surface area contributed by atoms with E-state index in [9.17, 15) is 9.90 Å². The van der Waals surface area contributed by atoms with E-state index in [0.717, 1.165) is 23.7 Å². The van der Waals surface area contributed by atoms with Crippen LogP contribution in [-0.2, 0) is 0 Å². The third kappa shape index (κ3) is 3.82. The number of hydrogen-bond donors (Lipinski definition) is 2. The summed E-state index contributed by atoms with van der Waals surface area (Å²) in [5, 5.41) is 13.9. The van der Waals surface area contributed by atoms with Gasteiger partial charge in [-0.2, -0.15) is 0 Å². The highest BCUT2D eigenvalue weighted by molar-refractivity contribution is 7.98. The molecule has 1 amide bonds. The number of rotatable bonds is 6. The number of aliphatic hydroxyl groups is 1. The molecule has 3 rings (SSSR count). The average molecular weight is 345 g/mol. The number of imidazole rings is 1. The van der Waals surface area contributed by atoms with Crippen molar-refractivity contribution in [3.63, 3.8) is 0 Å². The molecule has 1 fully saturated rings. The van der Waals surface area contributed by atoms with Crippen LogP contribution in [0.1, 0.15) is 36.0 Å². The predicted octanol–water partition coefficient (Wildman–Crippen LogP) is 2.88. The summed E-state index contributed by atoms with van der Waals surface area (Å²) in [6.45, 7) is 0.323. The number of carbonyl (C=O) groups is 1. The van der Waals surface area contributed by atoms with Gasteiger partial charge >= 0.3 is 0 Å². The van der Waals surface area contributed by atoms with Gasteiger partial charge in [0.05, 0.1) is 6.10 Å². The lowest BCUT2D eigenvalue weighted by Crippen LogP contribution is -2.35. The zero-order valence-corrected chi connectivity index (χ0v) is 14.6. The number of nitrogens with zero attached hydrogens (tertiary/aromatic N) is 2. The number of benzene rings is 1. The van der Waals surface area contributed by atoms with Gasteiger partial charge in [0.25, 0.3) is 5.91 Å². The monoisotopic (exact) mass is 345 g/mol. The molecule has 5 nitrogen and oxygen atoms in total. The van der Waals surface area contributed by atoms with Gasteiger partial charge in [-0.15, -0.1) is 0 Å². The average Bonchev–Trinajstić information content (AvgIpc) is 3.30. The van der Waals surface area contributed by atoms with Gasteiger partial charge in [-0.3, -0.25) is 9.36 Å². The van der Waals surface area contributed by atoms with Crippen LogP contribution in [0.3, 0.4) is 0 Å². The molecule has 2 N–H and O–H groups in total. The minimum Gasteiger partial charge on any atom is -0.391 e. The standard InChI is InChI=1S/C18H23N3O2S/c1-24-18-19-10-11-21(18)15-8-6-14(7-9-15)17(23)20-12-16(22)13-4-2-3-5-13/h6-11,13,16,22H,2-5,12H2,1H3,(H,20,23). The second kappa shape index (κ2) is 7.85. The van der Waals surface area contributed by atoms with Crippen molar-refractivity contribution in [2.24, 2.45) is 5.92 Å². The van der Waals surface area contributed by atoms with Gasteiger partial charge < -0.3 is 10.4 Å². The zero-order chi connectivity index (χ0) is 16.9. The summed E-state index contributed by atoms with van der Waals surface area (Å²) in [6.07, 6.45) is 9.70. The van der Waals surface area contributed by atoms with Crippen LogP contribution >= 0.6 is 11.8 Å². The first-order valence-corrected chi connectivity index (χ1v) is 9.55. The summed E-state index contributed by atoms with van der Waals surface area (Å²) >= 11 is 1.58. The molecule has 1 atom stereocenters. The Hall–Kier alpha value is -1.79. The van der Waals surface area contributed by atoms with Crippen LogP contribution < -0.4 is 5.32 Å². The number of thioether (sulfide) groups is 1. The van der Waals surface area contributed by atoms with E-state index in [0.29, 0.717) is 18.0 Å². The van der Waals surface area contributed by atoms with Crippen molar-refractivity contribution in [1.82, 2.24) is 14.9 Å². The van der Waals surface area contributed by atoms with Gasteiger partial charge in [-0.05, 0) is 49.3 Å². The molecule has 1 heterocycles. The van der Waals surface area contributed by atoms with Crippen molar-refractivity contribution < 1.29 is 9.90 Å². The number of amides is 1. The van der Waals surface area contributed by atoms with Crippen LogP contribution in [0.15, 0.2) is 41.8 Å². The fraction of sp³-hybridized carbons (Fsp3) is 0.444. The Morgan fingerprint density at radius 1 is 1.38 bits per heavy atom. The molecule has 2 aromatic rings. The topological polar surface area (TPSA) is 67.2 Å². The Bertz CT molecular complexity index is 678. The van der Waals surface area contributed by atoms with Gasteiger partial charge in [0.1, 0.15) is 0 Å². The van der Waals surface area contributed by atoms with Crippen molar-refractivity contribution in [3.8, 4) is 5.69 Å². The van der Waals surface area contributed by atoms with Crippen molar-refractivity contribution >= 4 is 17.7 Å². The highest BCUT2D eigenvalue weighted by Gasteiger charge is 2.23. The molecule has 0 radical (unpaired) electrons. The first-order valence-electron chi connectivity index (χ1n) is 8.33. The molecule has 0 aliphatic heterocycles. The first kappa shape index (κ1) is 17.0. The van der Waals surface area contributed by atoms with Gasteiger partial charge in [-0.1, -0.05) is 24.6 Å². The minimum absolute atomic E-state index is 0.144. The predicted molar refractivity (Wildman–Crippen MR) is 95.6 cm³/mol. The fourth-order valence-electron chi connectivity index (χ4n) is 3.22. The van der Waals surface area contributed by atoms with Crippen LogP contribution in [0.4, 0.5) is 0 Å². The van der Waals surface area contributed by atoms with Crippen LogP contribution in [0.25, 0.3) is 5.69 Å². The molecule has 1 unspecified atom stereocenters. The Morgan fingerprint density at radius 2 is 2.08 bits per heavy atom. The summed E-state index contributed by atoms with van der Waals surface area (Å²) in [4.78, 5) is 16.5. The van der Waals surface area contributed by atoms with Crippen LogP contribution in [0.2, 0.25) is 0 Å². The van der Waals surface area contributed by atoms with E-state index in [1.54, 1.807) is 30.1 Å². The smallest absolute Gasteiger partial charge is 0.251 e. The Morgan fingerprint density at radius 3 is 2.75 bits per heavy atom. The molecule has 1 aliphatic rings. The van der Waals surface area contributed by atoms with Gasteiger partial charge in [0.15, 0.2) is 5.16 Å². The molecule has 0 saturated heterocycles. The second-order valence-corrected chi connectivity index (χ2v) is 6.93. The summed E-state index contributed by atoms with van der Waals surface area (Å²) in [5.74, 6) is 0.188. The van der Waals surface area contributed by atoms with Crippen LogP contribution in [-0.4, -0.2) is 39.5 Å². The van der Waals surface area contributed by atoms with Crippen LogP contribution in [0.5, 0.6) is 0 Å². The molecule has 0 spiro atoms. The first-order chi connectivity index (χ1) is 11.7. The second-order valence-electron chi connectivity index (χ2n) is 6.15. The molecule has 1 aromatic heterocycles. The van der Waals surface area contributed by atoms with Gasteiger partial charge in [0.2, 0.25) is 0 Å². The number of aromatic nitrogens is 2. The van der Waals surface area contributed by atoms with E-state index in [-0.39, 0.29) is 5.91 Å². The summed E-state index contributed by atoms with van der Waals surface area (Å²) in [7, 11) is 0. The molecule has 24 heavy (non-hydrogen) atoms.